The van der Waals surface area contributed by atoms with Crippen molar-refractivity contribution in [3.05, 3.63) is 59.9 Å². The Morgan fingerprint density at radius 1 is 1.32 bits per heavy atom. The molecule has 0 spiro atoms. The Kier molecular flexibility index (Phi) is 4.96. The average Bonchev–Trinajstić information content (AvgIpc) is 2.44. The quantitative estimate of drug-likeness (QED) is 0.517. The van der Waals surface area contributed by atoms with E-state index in [2.05, 4.69) is 25.4 Å². The zero-order chi connectivity index (χ0) is 16.2. The third-order valence-electron chi connectivity index (χ3n) is 3.77. The van der Waals surface area contributed by atoms with E-state index in [-0.39, 0.29) is 17.0 Å². The molecule has 3 heteroatoms. The second-order valence-electron chi connectivity index (χ2n) is 6.50. The summed E-state index contributed by atoms with van der Waals surface area (Å²) in [5, 5.41) is 10.5. The summed E-state index contributed by atoms with van der Waals surface area (Å²) in [5.74, 6) is 0.0991. The lowest BCUT2D eigenvalue weighted by molar-refractivity contribution is -0.117. The molecule has 1 aromatic carbocycles. The average molecular weight is 297 g/mol. The van der Waals surface area contributed by atoms with Gasteiger partial charge in [-0.25, -0.2) is 0 Å². The summed E-state index contributed by atoms with van der Waals surface area (Å²) in [7, 11) is 0. The maximum Gasteiger partial charge on any atom is 0.168 e. The molecule has 116 valence electrons. The van der Waals surface area contributed by atoms with E-state index in [0.717, 1.165) is 5.56 Å². The molecule has 1 saturated carbocycles. The number of allylic oxidation sites excluding steroid dienone is 2. The van der Waals surface area contributed by atoms with Gasteiger partial charge in [0, 0.05) is 18.6 Å². The lowest BCUT2D eigenvalue weighted by atomic mass is 9.73. The Balaban J connectivity index is 2.37. The molecule has 1 aromatic rings. The number of Topliss-reactive ketones (excluding diaryl/α,β-unsaturated/α-hetero) is 1. The SMILES string of the molecule is C=CCN=C1CC(C)(C)CC(=O)C1=C(O)Cc1ccccc1. The van der Waals surface area contributed by atoms with Crippen LogP contribution in [0.25, 0.3) is 0 Å². The van der Waals surface area contributed by atoms with E-state index in [0.29, 0.717) is 37.1 Å². The molecule has 1 aliphatic carbocycles. The van der Waals surface area contributed by atoms with E-state index in [1.54, 1.807) is 6.08 Å². The van der Waals surface area contributed by atoms with Crippen molar-refractivity contribution in [2.75, 3.05) is 6.54 Å². The van der Waals surface area contributed by atoms with Crippen LogP contribution in [-0.4, -0.2) is 23.1 Å². The number of benzene rings is 1. The van der Waals surface area contributed by atoms with Crippen molar-refractivity contribution in [2.45, 2.75) is 33.1 Å². The molecule has 1 aliphatic rings. The van der Waals surface area contributed by atoms with E-state index in [9.17, 15) is 9.90 Å². The number of carbonyl (C=O) groups excluding carboxylic acids is 1. The van der Waals surface area contributed by atoms with Gasteiger partial charge in [-0.15, -0.1) is 6.58 Å². The van der Waals surface area contributed by atoms with Crippen molar-refractivity contribution in [3.8, 4) is 0 Å². The minimum atomic E-state index is -0.117. The first-order valence-corrected chi connectivity index (χ1v) is 7.57. The van der Waals surface area contributed by atoms with Gasteiger partial charge in [-0.3, -0.25) is 9.79 Å². The van der Waals surface area contributed by atoms with Gasteiger partial charge in [0.15, 0.2) is 5.78 Å². The number of rotatable bonds is 4. The Morgan fingerprint density at radius 2 is 2.00 bits per heavy atom. The number of carbonyl (C=O) groups is 1. The number of aliphatic imine (C=N–C) groups is 1. The van der Waals surface area contributed by atoms with Crippen molar-refractivity contribution < 1.29 is 9.90 Å². The second-order valence-corrected chi connectivity index (χ2v) is 6.50. The van der Waals surface area contributed by atoms with Gasteiger partial charge in [-0.05, 0) is 17.4 Å². The van der Waals surface area contributed by atoms with Crippen LogP contribution in [0.1, 0.15) is 32.3 Å². The molecular formula is C19H23NO2. The summed E-state index contributed by atoms with van der Waals surface area (Å²) in [5.41, 5.74) is 1.97. The first kappa shape index (κ1) is 16.2. The van der Waals surface area contributed by atoms with E-state index in [1.807, 2.05) is 30.3 Å². The van der Waals surface area contributed by atoms with Crippen LogP contribution in [0.5, 0.6) is 0 Å². The number of nitrogens with zero attached hydrogens (tertiary/aromatic N) is 1. The highest BCUT2D eigenvalue weighted by Crippen LogP contribution is 2.35. The van der Waals surface area contributed by atoms with Crippen LogP contribution in [0.15, 0.2) is 59.3 Å². The van der Waals surface area contributed by atoms with Gasteiger partial charge in [0.1, 0.15) is 5.76 Å². The Bertz CT molecular complexity index is 624. The molecule has 1 N–H and O–H groups in total. The van der Waals surface area contributed by atoms with Gasteiger partial charge in [0.25, 0.3) is 0 Å². The van der Waals surface area contributed by atoms with Crippen LogP contribution >= 0.6 is 0 Å². The fourth-order valence-corrected chi connectivity index (χ4v) is 2.80. The number of aliphatic hydroxyl groups is 1. The summed E-state index contributed by atoms with van der Waals surface area (Å²) in [4.78, 5) is 16.9. The Labute approximate surface area is 132 Å². The first-order chi connectivity index (χ1) is 10.4. The minimum absolute atomic E-state index is 0.0208. The molecule has 0 bridgehead atoms. The fraction of sp³-hybridized carbons (Fsp3) is 0.368. The summed E-state index contributed by atoms with van der Waals surface area (Å²) < 4.78 is 0. The first-order valence-electron chi connectivity index (χ1n) is 7.57. The van der Waals surface area contributed by atoms with E-state index in [4.69, 9.17) is 0 Å². The zero-order valence-corrected chi connectivity index (χ0v) is 13.3. The van der Waals surface area contributed by atoms with Crippen LogP contribution in [-0.2, 0) is 11.2 Å². The molecule has 0 amide bonds. The third-order valence-corrected chi connectivity index (χ3v) is 3.77. The van der Waals surface area contributed by atoms with E-state index in [1.165, 1.54) is 0 Å². The second kappa shape index (κ2) is 6.73. The molecule has 0 heterocycles. The highest BCUT2D eigenvalue weighted by molar-refractivity contribution is 6.24. The molecule has 2 rings (SSSR count). The summed E-state index contributed by atoms with van der Waals surface area (Å²) in [6.07, 6.45) is 3.19. The van der Waals surface area contributed by atoms with Gasteiger partial charge in [0.2, 0.25) is 0 Å². The smallest absolute Gasteiger partial charge is 0.168 e. The predicted octanol–water partition coefficient (Wildman–Crippen LogP) is 4.06. The molecule has 0 unspecified atom stereocenters. The van der Waals surface area contributed by atoms with Crippen molar-refractivity contribution >= 4 is 11.5 Å². The summed E-state index contributed by atoms with van der Waals surface area (Å²) >= 11 is 0. The molecule has 22 heavy (non-hydrogen) atoms. The van der Waals surface area contributed by atoms with Crippen LogP contribution in [0.3, 0.4) is 0 Å². The summed E-state index contributed by atoms with van der Waals surface area (Å²) in [6, 6.07) is 9.65. The Hall–Kier alpha value is -2.16. The molecule has 0 atom stereocenters. The lowest BCUT2D eigenvalue weighted by Crippen LogP contribution is -2.33. The number of ketones is 1. The van der Waals surface area contributed by atoms with Crippen molar-refractivity contribution in [1.82, 2.24) is 0 Å². The molecule has 0 radical (unpaired) electrons. The van der Waals surface area contributed by atoms with Crippen LogP contribution in [0.4, 0.5) is 0 Å². The highest BCUT2D eigenvalue weighted by atomic mass is 16.3. The predicted molar refractivity (Wildman–Crippen MR) is 90.3 cm³/mol. The lowest BCUT2D eigenvalue weighted by Gasteiger charge is -2.31. The topological polar surface area (TPSA) is 49.7 Å². The third kappa shape index (κ3) is 3.94. The van der Waals surface area contributed by atoms with E-state index < -0.39 is 0 Å². The highest BCUT2D eigenvalue weighted by Gasteiger charge is 2.35. The zero-order valence-electron chi connectivity index (χ0n) is 13.3. The molecule has 0 aromatic heterocycles. The normalized spacial score (nSPS) is 21.7. The fourth-order valence-electron chi connectivity index (χ4n) is 2.80. The largest absolute Gasteiger partial charge is 0.511 e. The van der Waals surface area contributed by atoms with Crippen LogP contribution in [0, 0.1) is 5.41 Å². The molecule has 1 fully saturated rings. The maximum absolute atomic E-state index is 12.5. The number of hydrogen-bond donors (Lipinski definition) is 1. The standard InChI is InChI=1S/C19H23NO2/c1-4-10-20-15-12-19(2,3)13-17(22)18(15)16(21)11-14-8-6-5-7-9-14/h4-9,21H,1,10-13H2,2-3H3. The number of aliphatic hydroxyl groups excluding tert-OH is 1. The van der Waals surface area contributed by atoms with Gasteiger partial charge < -0.3 is 5.11 Å². The van der Waals surface area contributed by atoms with Gasteiger partial charge >= 0.3 is 0 Å². The maximum atomic E-state index is 12.5. The summed E-state index contributed by atoms with van der Waals surface area (Å²) in [6.45, 7) is 8.24. The Morgan fingerprint density at radius 3 is 2.64 bits per heavy atom. The van der Waals surface area contributed by atoms with Gasteiger partial charge in [0.05, 0.1) is 12.1 Å². The molecule has 0 saturated heterocycles. The van der Waals surface area contributed by atoms with Crippen LogP contribution < -0.4 is 0 Å². The van der Waals surface area contributed by atoms with Crippen molar-refractivity contribution in [3.63, 3.8) is 0 Å². The monoisotopic (exact) mass is 297 g/mol. The molecule has 0 aliphatic heterocycles. The van der Waals surface area contributed by atoms with Crippen molar-refractivity contribution in [2.24, 2.45) is 10.4 Å². The number of hydrogen-bond acceptors (Lipinski definition) is 3. The van der Waals surface area contributed by atoms with Crippen molar-refractivity contribution in [1.29, 1.82) is 0 Å². The van der Waals surface area contributed by atoms with Crippen LogP contribution in [0.2, 0.25) is 0 Å². The molecular weight excluding hydrogens is 274 g/mol. The van der Waals surface area contributed by atoms with Gasteiger partial charge in [-0.1, -0.05) is 50.3 Å². The van der Waals surface area contributed by atoms with E-state index >= 15 is 0 Å². The van der Waals surface area contributed by atoms with Gasteiger partial charge in [-0.2, -0.15) is 0 Å². The minimum Gasteiger partial charge on any atom is -0.511 e. The molecule has 3 nitrogen and oxygen atoms in total.